The highest BCUT2D eigenvalue weighted by atomic mass is 16.2. The molecule has 1 atom stereocenters. The number of fused-ring (bicyclic) bond motifs is 1. The van der Waals surface area contributed by atoms with Crippen molar-refractivity contribution >= 4 is 17.8 Å². The maximum absolute atomic E-state index is 12.4. The molecule has 0 fully saturated rings. The van der Waals surface area contributed by atoms with Crippen LogP contribution in [-0.2, 0) is 0 Å². The molecule has 1 aliphatic heterocycles. The topological polar surface area (TPSA) is 92.1 Å². The van der Waals surface area contributed by atoms with Crippen LogP contribution in [0.2, 0.25) is 0 Å². The molecule has 0 saturated heterocycles. The first-order chi connectivity index (χ1) is 9.63. The van der Waals surface area contributed by atoms with E-state index in [1.807, 2.05) is 6.92 Å². The van der Waals surface area contributed by atoms with Gasteiger partial charge in [-0.15, -0.1) is 0 Å². The molecule has 3 rings (SSSR count). The monoisotopic (exact) mass is 270 g/mol. The zero-order valence-corrected chi connectivity index (χ0v) is 11.0. The Hall–Kier alpha value is -2.63. The normalized spacial score (nSPS) is 15.6. The number of rotatable bonds is 3. The van der Waals surface area contributed by atoms with Gasteiger partial charge in [0.05, 0.1) is 22.9 Å². The third-order valence-electron chi connectivity index (χ3n) is 3.48. The molecule has 0 aliphatic carbocycles. The maximum Gasteiger partial charge on any atom is 0.262 e. The summed E-state index contributed by atoms with van der Waals surface area (Å²) in [5, 5.41) is 0. The number of benzene rings is 1. The van der Waals surface area contributed by atoms with Gasteiger partial charge in [-0.2, -0.15) is 0 Å². The van der Waals surface area contributed by atoms with Crippen molar-refractivity contribution in [3.63, 3.8) is 0 Å². The van der Waals surface area contributed by atoms with Crippen LogP contribution in [0.1, 0.15) is 45.8 Å². The molecule has 6 heteroatoms. The maximum atomic E-state index is 12.4. The van der Waals surface area contributed by atoms with Gasteiger partial charge >= 0.3 is 0 Å². The third-order valence-corrected chi connectivity index (χ3v) is 3.48. The molecule has 1 aliphatic rings. The van der Waals surface area contributed by atoms with Gasteiger partial charge in [-0.3, -0.25) is 14.5 Å². The van der Waals surface area contributed by atoms with E-state index in [0.717, 1.165) is 0 Å². The van der Waals surface area contributed by atoms with Gasteiger partial charge < -0.3 is 10.7 Å². The minimum absolute atomic E-state index is 0.273. The number of amides is 2. The Morgan fingerprint density at radius 2 is 1.85 bits per heavy atom. The summed E-state index contributed by atoms with van der Waals surface area (Å²) in [4.78, 5) is 33.0. The molecular weight excluding hydrogens is 256 g/mol. The highest BCUT2D eigenvalue weighted by Crippen LogP contribution is 2.32. The molecule has 0 radical (unpaired) electrons. The largest absolute Gasteiger partial charge is 0.369 e. The van der Waals surface area contributed by atoms with E-state index in [2.05, 4.69) is 9.97 Å². The van der Waals surface area contributed by atoms with E-state index < -0.39 is 6.04 Å². The number of nitrogens with two attached hydrogens (primary N) is 1. The lowest BCUT2D eigenvalue weighted by Crippen LogP contribution is -2.34. The fourth-order valence-corrected chi connectivity index (χ4v) is 2.54. The Morgan fingerprint density at radius 3 is 2.30 bits per heavy atom. The van der Waals surface area contributed by atoms with Gasteiger partial charge in [0.1, 0.15) is 0 Å². The number of imidazole rings is 1. The van der Waals surface area contributed by atoms with Crippen LogP contribution in [0.15, 0.2) is 30.5 Å². The molecular formula is C14H14N4O2. The first-order valence-corrected chi connectivity index (χ1v) is 6.41. The molecule has 3 N–H and O–H groups in total. The van der Waals surface area contributed by atoms with Crippen LogP contribution in [0.3, 0.4) is 0 Å². The number of nitrogen functional groups attached to an aromatic ring is 1. The van der Waals surface area contributed by atoms with Crippen molar-refractivity contribution in [1.29, 1.82) is 0 Å². The van der Waals surface area contributed by atoms with Gasteiger partial charge in [0, 0.05) is 6.20 Å². The average molecular weight is 270 g/mol. The predicted octanol–water partition coefficient (Wildman–Crippen LogP) is 1.74. The summed E-state index contributed by atoms with van der Waals surface area (Å²) in [6.45, 7) is 1.90. The summed E-state index contributed by atoms with van der Waals surface area (Å²) in [6, 6.07) is 6.43. The Labute approximate surface area is 115 Å². The van der Waals surface area contributed by atoms with Gasteiger partial charge in [-0.1, -0.05) is 19.1 Å². The molecule has 1 aromatic carbocycles. The standard InChI is InChI=1S/C14H14N4O2/c1-2-11(10-7-16-14(15)17-10)18-12(19)8-5-3-4-6-9(8)13(18)20/h3-7,11H,2H2,1H3,(H3,15,16,17). The van der Waals surface area contributed by atoms with Crippen molar-refractivity contribution < 1.29 is 9.59 Å². The average Bonchev–Trinajstić information content (AvgIpc) is 2.98. The van der Waals surface area contributed by atoms with Gasteiger partial charge in [0.25, 0.3) is 11.8 Å². The van der Waals surface area contributed by atoms with Crippen LogP contribution in [-0.4, -0.2) is 26.7 Å². The Kier molecular flexibility index (Phi) is 2.78. The van der Waals surface area contributed by atoms with Crippen molar-refractivity contribution in [2.24, 2.45) is 0 Å². The van der Waals surface area contributed by atoms with E-state index in [0.29, 0.717) is 23.2 Å². The SMILES string of the molecule is CCC(c1c[nH]c(N)n1)N1C(=O)c2ccccc2C1=O. The first-order valence-electron chi connectivity index (χ1n) is 6.41. The third kappa shape index (κ3) is 1.69. The number of carbonyl (C=O) groups excluding carboxylic acids is 2. The lowest BCUT2D eigenvalue weighted by molar-refractivity contribution is 0.0574. The molecule has 1 unspecified atom stereocenters. The van der Waals surface area contributed by atoms with Crippen molar-refractivity contribution in [2.45, 2.75) is 19.4 Å². The number of aromatic amines is 1. The summed E-state index contributed by atoms with van der Waals surface area (Å²) in [5.74, 6) is -0.284. The summed E-state index contributed by atoms with van der Waals surface area (Å²) in [6.07, 6.45) is 2.21. The molecule has 102 valence electrons. The highest BCUT2D eigenvalue weighted by molar-refractivity contribution is 6.21. The Balaban J connectivity index is 2.03. The van der Waals surface area contributed by atoms with Crippen molar-refractivity contribution in [1.82, 2.24) is 14.9 Å². The zero-order chi connectivity index (χ0) is 14.3. The van der Waals surface area contributed by atoms with Crippen LogP contribution >= 0.6 is 0 Å². The number of imide groups is 1. The van der Waals surface area contributed by atoms with Crippen LogP contribution in [0.4, 0.5) is 5.95 Å². The van der Waals surface area contributed by atoms with E-state index in [9.17, 15) is 9.59 Å². The van der Waals surface area contributed by atoms with E-state index in [4.69, 9.17) is 5.73 Å². The fraction of sp³-hybridized carbons (Fsp3) is 0.214. The van der Waals surface area contributed by atoms with E-state index in [1.165, 1.54) is 4.90 Å². The van der Waals surface area contributed by atoms with Crippen LogP contribution in [0.5, 0.6) is 0 Å². The second kappa shape index (κ2) is 4.48. The van der Waals surface area contributed by atoms with Crippen molar-refractivity contribution in [3.05, 3.63) is 47.3 Å². The fourth-order valence-electron chi connectivity index (χ4n) is 2.54. The van der Waals surface area contributed by atoms with Crippen LogP contribution in [0.25, 0.3) is 0 Å². The summed E-state index contributed by atoms with van der Waals surface area (Å²) < 4.78 is 0. The molecule has 1 aromatic heterocycles. The number of nitrogens with zero attached hydrogens (tertiary/aromatic N) is 2. The summed E-state index contributed by atoms with van der Waals surface area (Å²) >= 11 is 0. The molecule has 2 heterocycles. The van der Waals surface area contributed by atoms with Gasteiger partial charge in [0.2, 0.25) is 0 Å². The van der Waals surface area contributed by atoms with Crippen molar-refractivity contribution in [3.8, 4) is 0 Å². The molecule has 0 bridgehead atoms. The molecule has 6 nitrogen and oxygen atoms in total. The van der Waals surface area contributed by atoms with Crippen molar-refractivity contribution in [2.75, 3.05) is 5.73 Å². The molecule has 20 heavy (non-hydrogen) atoms. The minimum Gasteiger partial charge on any atom is -0.369 e. The highest BCUT2D eigenvalue weighted by Gasteiger charge is 2.40. The second-order valence-electron chi connectivity index (χ2n) is 4.66. The number of H-pyrrole nitrogens is 1. The van der Waals surface area contributed by atoms with Gasteiger partial charge in [-0.05, 0) is 18.6 Å². The first kappa shape index (κ1) is 12.4. The van der Waals surface area contributed by atoms with Gasteiger partial charge in [-0.25, -0.2) is 4.98 Å². The molecule has 2 amide bonds. The summed E-state index contributed by atoms with van der Waals surface area (Å²) in [5.41, 5.74) is 7.05. The lowest BCUT2D eigenvalue weighted by Gasteiger charge is -2.23. The van der Waals surface area contributed by atoms with E-state index in [-0.39, 0.29) is 17.8 Å². The minimum atomic E-state index is -0.407. The lowest BCUT2D eigenvalue weighted by atomic mass is 10.1. The Morgan fingerprint density at radius 1 is 1.25 bits per heavy atom. The number of hydrogen-bond donors (Lipinski definition) is 2. The van der Waals surface area contributed by atoms with E-state index in [1.54, 1.807) is 30.5 Å². The van der Waals surface area contributed by atoms with Crippen LogP contribution < -0.4 is 5.73 Å². The molecule has 0 saturated carbocycles. The second-order valence-corrected chi connectivity index (χ2v) is 4.66. The van der Waals surface area contributed by atoms with Crippen LogP contribution in [0, 0.1) is 0 Å². The number of nitrogens with one attached hydrogen (secondary N) is 1. The zero-order valence-electron chi connectivity index (χ0n) is 11.0. The molecule has 2 aromatic rings. The van der Waals surface area contributed by atoms with Gasteiger partial charge in [0.15, 0.2) is 5.95 Å². The quantitative estimate of drug-likeness (QED) is 0.831. The smallest absolute Gasteiger partial charge is 0.262 e. The summed E-state index contributed by atoms with van der Waals surface area (Å²) in [7, 11) is 0. The predicted molar refractivity (Wildman–Crippen MR) is 73.0 cm³/mol. The molecule has 0 spiro atoms. The number of aromatic nitrogens is 2. The number of anilines is 1. The van der Waals surface area contributed by atoms with E-state index >= 15 is 0 Å². The number of carbonyl (C=O) groups is 2. The Bertz CT molecular complexity index is 657. The number of hydrogen-bond acceptors (Lipinski definition) is 4.